The summed E-state index contributed by atoms with van der Waals surface area (Å²) in [6, 6.07) is 7.92. The Bertz CT molecular complexity index is 773. The topological polar surface area (TPSA) is 42.7 Å². The third kappa shape index (κ3) is 2.46. The molecule has 3 aromatic rings. The minimum absolute atomic E-state index is 0.638. The first-order valence-corrected chi connectivity index (χ1v) is 8.28. The Morgan fingerprint density at radius 3 is 3.10 bits per heavy atom. The fourth-order valence-corrected chi connectivity index (χ4v) is 3.92. The molecule has 6 heteroatoms. The van der Waals surface area contributed by atoms with E-state index in [0.29, 0.717) is 5.92 Å². The molecular weight excluding hydrogens is 304 g/mol. The third-order valence-electron chi connectivity index (χ3n) is 3.90. The number of aromatic nitrogens is 3. The van der Waals surface area contributed by atoms with Crippen molar-refractivity contribution in [2.24, 2.45) is 5.92 Å². The highest BCUT2D eigenvalue weighted by molar-refractivity contribution is 7.19. The number of hydrogen-bond acceptors (Lipinski definition) is 4. The minimum Gasteiger partial charge on any atom is -0.316 e. The molecule has 1 saturated heterocycles. The van der Waals surface area contributed by atoms with Gasteiger partial charge in [-0.1, -0.05) is 11.6 Å². The predicted molar refractivity (Wildman–Crippen MR) is 86.8 cm³/mol. The van der Waals surface area contributed by atoms with Crippen molar-refractivity contribution in [2.45, 2.75) is 13.0 Å². The molecule has 3 aromatic heterocycles. The van der Waals surface area contributed by atoms with E-state index in [4.69, 9.17) is 16.6 Å². The van der Waals surface area contributed by atoms with Gasteiger partial charge in [0, 0.05) is 12.7 Å². The quantitative estimate of drug-likeness (QED) is 0.804. The molecule has 1 N–H and O–H groups in total. The first kappa shape index (κ1) is 13.2. The summed E-state index contributed by atoms with van der Waals surface area (Å²) in [5, 5.41) is 3.42. The second kappa shape index (κ2) is 5.40. The molecule has 108 valence electrons. The third-order valence-corrected chi connectivity index (χ3v) is 5.13. The van der Waals surface area contributed by atoms with E-state index in [9.17, 15) is 0 Å². The molecule has 1 unspecified atom stereocenters. The van der Waals surface area contributed by atoms with Crippen molar-refractivity contribution in [1.29, 1.82) is 0 Å². The molecule has 1 aliphatic heterocycles. The monoisotopic (exact) mass is 318 g/mol. The smallest absolute Gasteiger partial charge is 0.160 e. The highest BCUT2D eigenvalue weighted by atomic mass is 35.5. The maximum absolute atomic E-state index is 6.09. The number of thiophene rings is 1. The van der Waals surface area contributed by atoms with Crippen molar-refractivity contribution in [3.05, 3.63) is 34.8 Å². The number of nitrogens with zero attached hydrogens (tertiary/aromatic N) is 3. The number of halogens is 1. The van der Waals surface area contributed by atoms with Crippen molar-refractivity contribution in [3.8, 4) is 10.7 Å². The maximum atomic E-state index is 6.09. The van der Waals surface area contributed by atoms with Crippen molar-refractivity contribution in [2.75, 3.05) is 13.1 Å². The van der Waals surface area contributed by atoms with Crippen LogP contribution < -0.4 is 5.32 Å². The molecule has 0 saturated carbocycles. The summed E-state index contributed by atoms with van der Waals surface area (Å²) in [7, 11) is 0. The van der Waals surface area contributed by atoms with E-state index in [0.717, 1.165) is 45.8 Å². The van der Waals surface area contributed by atoms with Gasteiger partial charge in [0.1, 0.15) is 5.52 Å². The Hall–Kier alpha value is -1.43. The lowest BCUT2D eigenvalue weighted by Crippen LogP contribution is -2.15. The first-order valence-electron chi connectivity index (χ1n) is 7.09. The second-order valence-electron chi connectivity index (χ2n) is 5.35. The second-order valence-corrected chi connectivity index (χ2v) is 7.07. The molecular formula is C15H15ClN4S. The van der Waals surface area contributed by atoms with Crippen LogP contribution in [-0.2, 0) is 6.54 Å². The van der Waals surface area contributed by atoms with Crippen LogP contribution in [0.25, 0.3) is 21.9 Å². The van der Waals surface area contributed by atoms with E-state index in [2.05, 4.69) is 14.9 Å². The molecule has 1 fully saturated rings. The van der Waals surface area contributed by atoms with Crippen molar-refractivity contribution < 1.29 is 0 Å². The van der Waals surface area contributed by atoms with Crippen LogP contribution in [0.5, 0.6) is 0 Å². The summed E-state index contributed by atoms with van der Waals surface area (Å²) in [6.45, 7) is 3.12. The van der Waals surface area contributed by atoms with E-state index < -0.39 is 0 Å². The van der Waals surface area contributed by atoms with Gasteiger partial charge < -0.3 is 9.88 Å². The molecule has 0 radical (unpaired) electrons. The average molecular weight is 319 g/mol. The van der Waals surface area contributed by atoms with Gasteiger partial charge in [-0.05, 0) is 49.7 Å². The van der Waals surface area contributed by atoms with Crippen LogP contribution in [0.1, 0.15) is 6.42 Å². The number of pyridine rings is 1. The van der Waals surface area contributed by atoms with Crippen LogP contribution in [0.2, 0.25) is 4.34 Å². The van der Waals surface area contributed by atoms with Crippen LogP contribution in [-0.4, -0.2) is 27.6 Å². The fourth-order valence-electron chi connectivity index (χ4n) is 2.88. The lowest BCUT2D eigenvalue weighted by molar-refractivity contribution is 0.491. The summed E-state index contributed by atoms with van der Waals surface area (Å²) < 4.78 is 3.04. The summed E-state index contributed by atoms with van der Waals surface area (Å²) in [4.78, 5) is 10.4. The standard InChI is InChI=1S/C15H15ClN4S/c16-13-4-3-12(21-13)15-19-11-2-1-6-18-14(11)20(15)9-10-5-7-17-8-10/h1-4,6,10,17H,5,7-9H2. The van der Waals surface area contributed by atoms with Crippen molar-refractivity contribution in [1.82, 2.24) is 19.9 Å². The summed E-state index contributed by atoms with van der Waals surface area (Å²) in [5.41, 5.74) is 1.91. The molecule has 21 heavy (non-hydrogen) atoms. The van der Waals surface area contributed by atoms with E-state index in [1.807, 2.05) is 30.5 Å². The van der Waals surface area contributed by atoms with Crippen LogP contribution in [0.3, 0.4) is 0 Å². The van der Waals surface area contributed by atoms with Crippen molar-refractivity contribution >= 4 is 34.1 Å². The number of hydrogen-bond donors (Lipinski definition) is 1. The molecule has 0 amide bonds. The van der Waals surface area contributed by atoms with Gasteiger partial charge in [0.25, 0.3) is 0 Å². The molecule has 0 spiro atoms. The molecule has 1 aliphatic rings. The average Bonchev–Trinajstić information content (AvgIpc) is 3.20. The molecule has 0 aromatic carbocycles. The normalized spacial score (nSPS) is 18.6. The van der Waals surface area contributed by atoms with Crippen LogP contribution in [0.4, 0.5) is 0 Å². The van der Waals surface area contributed by atoms with Gasteiger partial charge in [0.2, 0.25) is 0 Å². The Balaban J connectivity index is 1.84. The fraction of sp³-hybridized carbons (Fsp3) is 0.333. The summed E-state index contributed by atoms with van der Waals surface area (Å²) >= 11 is 7.65. The summed E-state index contributed by atoms with van der Waals surface area (Å²) in [6.07, 6.45) is 3.04. The summed E-state index contributed by atoms with van der Waals surface area (Å²) in [5.74, 6) is 1.62. The largest absolute Gasteiger partial charge is 0.316 e. The molecule has 4 nitrogen and oxygen atoms in total. The molecule has 0 bridgehead atoms. The van der Waals surface area contributed by atoms with E-state index in [-0.39, 0.29) is 0 Å². The van der Waals surface area contributed by atoms with Gasteiger partial charge >= 0.3 is 0 Å². The maximum Gasteiger partial charge on any atom is 0.160 e. The zero-order chi connectivity index (χ0) is 14.2. The molecule has 1 atom stereocenters. The van der Waals surface area contributed by atoms with E-state index in [1.54, 1.807) is 11.3 Å². The number of rotatable bonds is 3. The first-order chi connectivity index (χ1) is 10.3. The van der Waals surface area contributed by atoms with E-state index >= 15 is 0 Å². The molecule has 4 heterocycles. The lowest BCUT2D eigenvalue weighted by Gasteiger charge is -2.12. The number of fused-ring (bicyclic) bond motifs is 1. The number of nitrogens with one attached hydrogen (secondary N) is 1. The highest BCUT2D eigenvalue weighted by Gasteiger charge is 2.20. The zero-order valence-corrected chi connectivity index (χ0v) is 13.0. The van der Waals surface area contributed by atoms with Gasteiger partial charge in [-0.3, -0.25) is 0 Å². The van der Waals surface area contributed by atoms with Crippen LogP contribution in [0, 0.1) is 5.92 Å². The SMILES string of the molecule is Clc1ccc(-c2nc3cccnc3n2CC2CCNC2)s1. The Labute approximate surface area is 131 Å². The lowest BCUT2D eigenvalue weighted by atomic mass is 10.1. The highest BCUT2D eigenvalue weighted by Crippen LogP contribution is 2.33. The van der Waals surface area contributed by atoms with Gasteiger partial charge in [-0.15, -0.1) is 11.3 Å². The Morgan fingerprint density at radius 2 is 2.33 bits per heavy atom. The Kier molecular flexibility index (Phi) is 3.41. The molecule has 4 rings (SSSR count). The van der Waals surface area contributed by atoms with Crippen LogP contribution in [0.15, 0.2) is 30.5 Å². The van der Waals surface area contributed by atoms with Crippen molar-refractivity contribution in [3.63, 3.8) is 0 Å². The van der Waals surface area contributed by atoms with Gasteiger partial charge in [0.05, 0.1) is 9.21 Å². The van der Waals surface area contributed by atoms with Gasteiger partial charge in [0.15, 0.2) is 11.5 Å². The predicted octanol–water partition coefficient (Wildman–Crippen LogP) is 3.42. The van der Waals surface area contributed by atoms with Gasteiger partial charge in [-0.2, -0.15) is 0 Å². The molecule has 0 aliphatic carbocycles. The zero-order valence-electron chi connectivity index (χ0n) is 11.4. The van der Waals surface area contributed by atoms with Crippen LogP contribution >= 0.6 is 22.9 Å². The Morgan fingerprint density at radius 1 is 1.38 bits per heavy atom. The minimum atomic E-state index is 0.638. The van der Waals surface area contributed by atoms with E-state index in [1.165, 1.54) is 6.42 Å². The number of imidazole rings is 1. The van der Waals surface area contributed by atoms with Gasteiger partial charge in [-0.25, -0.2) is 9.97 Å².